The topological polar surface area (TPSA) is 51.2 Å². The van der Waals surface area contributed by atoms with Crippen molar-refractivity contribution < 1.29 is 9.52 Å². The average molecular weight is 234 g/mol. The molecule has 2 aromatic rings. The lowest BCUT2D eigenvalue weighted by atomic mass is 10.1. The smallest absolute Gasteiger partial charge is 0.106 e. The third kappa shape index (κ3) is 2.42. The molecule has 2 aromatic heterocycles. The highest BCUT2D eigenvalue weighted by Gasteiger charge is 2.16. The first kappa shape index (κ1) is 11.9. The summed E-state index contributed by atoms with van der Waals surface area (Å²) in [5.74, 6) is 1.62. The summed E-state index contributed by atoms with van der Waals surface area (Å²) in [6.45, 7) is 5.71. The first-order chi connectivity index (χ1) is 7.97. The van der Waals surface area contributed by atoms with E-state index in [2.05, 4.69) is 5.10 Å². The van der Waals surface area contributed by atoms with Crippen molar-refractivity contribution in [2.45, 2.75) is 33.3 Å². The zero-order chi connectivity index (χ0) is 12.6. The van der Waals surface area contributed by atoms with Gasteiger partial charge in [-0.05, 0) is 32.9 Å². The van der Waals surface area contributed by atoms with Gasteiger partial charge >= 0.3 is 0 Å². The van der Waals surface area contributed by atoms with Crippen molar-refractivity contribution in [3.8, 4) is 0 Å². The van der Waals surface area contributed by atoms with Gasteiger partial charge in [0.25, 0.3) is 0 Å². The predicted molar refractivity (Wildman–Crippen MR) is 64.8 cm³/mol. The van der Waals surface area contributed by atoms with E-state index >= 15 is 0 Å². The fraction of sp³-hybridized carbons (Fsp3) is 0.462. The van der Waals surface area contributed by atoms with Crippen molar-refractivity contribution in [1.29, 1.82) is 0 Å². The third-order valence-corrected chi connectivity index (χ3v) is 2.94. The minimum Gasteiger partial charge on any atom is -0.466 e. The van der Waals surface area contributed by atoms with Crippen molar-refractivity contribution in [2.75, 3.05) is 0 Å². The van der Waals surface area contributed by atoms with Crippen LogP contribution in [0.15, 0.2) is 16.5 Å². The second-order valence-corrected chi connectivity index (χ2v) is 4.49. The van der Waals surface area contributed by atoms with Gasteiger partial charge in [-0.2, -0.15) is 5.10 Å². The normalized spacial score (nSPS) is 13.0. The number of rotatable bonds is 3. The minimum absolute atomic E-state index is 0.540. The van der Waals surface area contributed by atoms with Gasteiger partial charge in [-0.25, -0.2) is 0 Å². The minimum atomic E-state index is -0.540. The van der Waals surface area contributed by atoms with Crippen LogP contribution in [0.1, 0.15) is 34.6 Å². The highest BCUT2D eigenvalue weighted by Crippen LogP contribution is 2.24. The largest absolute Gasteiger partial charge is 0.466 e. The molecule has 0 spiro atoms. The van der Waals surface area contributed by atoms with Gasteiger partial charge in [0, 0.05) is 24.7 Å². The summed E-state index contributed by atoms with van der Waals surface area (Å²) < 4.78 is 7.23. The fourth-order valence-corrected chi connectivity index (χ4v) is 2.14. The molecule has 0 aromatic carbocycles. The van der Waals surface area contributed by atoms with Crippen LogP contribution < -0.4 is 0 Å². The predicted octanol–water partition coefficient (Wildman–Crippen LogP) is 2.21. The monoisotopic (exact) mass is 234 g/mol. The molecule has 0 bridgehead atoms. The molecule has 0 aliphatic rings. The molecule has 0 amide bonds. The van der Waals surface area contributed by atoms with E-state index in [0.717, 1.165) is 28.5 Å². The molecule has 1 unspecified atom stereocenters. The molecule has 4 nitrogen and oxygen atoms in total. The Morgan fingerprint density at radius 1 is 1.35 bits per heavy atom. The lowest BCUT2D eigenvalue weighted by Crippen LogP contribution is -2.06. The van der Waals surface area contributed by atoms with E-state index in [-0.39, 0.29) is 0 Å². The van der Waals surface area contributed by atoms with Gasteiger partial charge in [0.05, 0.1) is 11.8 Å². The molecule has 4 heteroatoms. The van der Waals surface area contributed by atoms with Gasteiger partial charge in [-0.15, -0.1) is 0 Å². The van der Waals surface area contributed by atoms with Crippen molar-refractivity contribution in [1.82, 2.24) is 9.78 Å². The van der Waals surface area contributed by atoms with Crippen LogP contribution in [0.4, 0.5) is 0 Å². The molecule has 2 heterocycles. The maximum Gasteiger partial charge on any atom is 0.106 e. The van der Waals surface area contributed by atoms with E-state index in [1.807, 2.05) is 40.0 Å². The Kier molecular flexibility index (Phi) is 3.07. The summed E-state index contributed by atoms with van der Waals surface area (Å²) in [6.07, 6.45) is 0.0131. The van der Waals surface area contributed by atoms with Crippen molar-refractivity contribution >= 4 is 0 Å². The summed E-state index contributed by atoms with van der Waals surface area (Å²) in [5.41, 5.74) is 2.85. The van der Waals surface area contributed by atoms with Gasteiger partial charge in [-0.1, -0.05) is 0 Å². The fourth-order valence-electron chi connectivity index (χ4n) is 2.14. The summed E-state index contributed by atoms with van der Waals surface area (Å²) in [5, 5.41) is 14.5. The molecule has 0 aliphatic carbocycles. The van der Waals surface area contributed by atoms with Gasteiger partial charge in [-0.3, -0.25) is 4.68 Å². The molecule has 1 N–H and O–H groups in total. The quantitative estimate of drug-likeness (QED) is 0.885. The number of aromatic nitrogens is 2. The van der Waals surface area contributed by atoms with Crippen LogP contribution in [0.2, 0.25) is 0 Å². The number of hydrogen-bond acceptors (Lipinski definition) is 3. The SMILES string of the molecule is Cc1cc(CC(O)c2cc(C)oc2C)n(C)n1. The first-order valence-electron chi connectivity index (χ1n) is 5.72. The Bertz CT molecular complexity index is 526. The Hall–Kier alpha value is -1.55. The standard InChI is InChI=1S/C13H18N2O2/c1-8-5-11(15(4)14-8)7-13(16)12-6-9(2)17-10(12)3/h5-6,13,16H,7H2,1-4H3. The van der Waals surface area contributed by atoms with Crippen LogP contribution >= 0.6 is 0 Å². The van der Waals surface area contributed by atoms with Gasteiger partial charge < -0.3 is 9.52 Å². The van der Waals surface area contributed by atoms with Crippen molar-refractivity contribution in [3.63, 3.8) is 0 Å². The Morgan fingerprint density at radius 3 is 2.53 bits per heavy atom. The summed E-state index contributed by atoms with van der Waals surface area (Å²) >= 11 is 0. The van der Waals surface area contributed by atoms with E-state index in [1.54, 1.807) is 4.68 Å². The molecule has 1 atom stereocenters. The molecule has 92 valence electrons. The van der Waals surface area contributed by atoms with Crippen LogP contribution in [0.5, 0.6) is 0 Å². The lowest BCUT2D eigenvalue weighted by Gasteiger charge is -2.09. The highest BCUT2D eigenvalue weighted by atomic mass is 16.3. The molecule has 17 heavy (non-hydrogen) atoms. The number of hydrogen-bond donors (Lipinski definition) is 1. The van der Waals surface area contributed by atoms with Crippen LogP contribution in [-0.4, -0.2) is 14.9 Å². The zero-order valence-electron chi connectivity index (χ0n) is 10.7. The van der Waals surface area contributed by atoms with Crippen LogP contribution in [-0.2, 0) is 13.5 Å². The Balaban J connectivity index is 2.19. The molecule has 0 saturated heterocycles. The van der Waals surface area contributed by atoms with Crippen molar-refractivity contribution in [3.05, 3.63) is 40.6 Å². The molecular formula is C13H18N2O2. The lowest BCUT2D eigenvalue weighted by molar-refractivity contribution is 0.174. The molecule has 2 rings (SSSR count). The van der Waals surface area contributed by atoms with Gasteiger partial charge in [0.1, 0.15) is 11.5 Å². The number of nitrogens with zero attached hydrogens (tertiary/aromatic N) is 2. The summed E-state index contributed by atoms with van der Waals surface area (Å²) in [4.78, 5) is 0. The molecular weight excluding hydrogens is 216 g/mol. The van der Waals surface area contributed by atoms with E-state index < -0.39 is 6.10 Å². The van der Waals surface area contributed by atoms with Gasteiger partial charge in [0.2, 0.25) is 0 Å². The first-order valence-corrected chi connectivity index (χ1v) is 5.72. The number of furan rings is 1. The van der Waals surface area contributed by atoms with Crippen molar-refractivity contribution in [2.24, 2.45) is 7.05 Å². The average Bonchev–Trinajstić information content (AvgIpc) is 2.70. The summed E-state index contributed by atoms with van der Waals surface area (Å²) in [6, 6.07) is 3.88. The molecule has 0 fully saturated rings. The maximum atomic E-state index is 10.2. The van der Waals surface area contributed by atoms with Crippen LogP contribution in [0, 0.1) is 20.8 Å². The van der Waals surface area contributed by atoms with E-state index in [9.17, 15) is 5.11 Å². The number of aliphatic hydroxyl groups excluding tert-OH is 1. The molecule has 0 saturated carbocycles. The summed E-state index contributed by atoms with van der Waals surface area (Å²) in [7, 11) is 1.89. The number of aryl methyl sites for hydroxylation is 4. The van der Waals surface area contributed by atoms with E-state index in [0.29, 0.717) is 6.42 Å². The molecule has 0 aliphatic heterocycles. The van der Waals surface area contributed by atoms with E-state index in [1.165, 1.54) is 0 Å². The Morgan fingerprint density at radius 2 is 2.06 bits per heavy atom. The second kappa shape index (κ2) is 4.37. The van der Waals surface area contributed by atoms with Crippen LogP contribution in [0.3, 0.4) is 0 Å². The highest BCUT2D eigenvalue weighted by molar-refractivity contribution is 5.24. The second-order valence-electron chi connectivity index (χ2n) is 4.49. The van der Waals surface area contributed by atoms with Gasteiger partial charge in [0.15, 0.2) is 0 Å². The maximum absolute atomic E-state index is 10.2. The molecule has 0 radical (unpaired) electrons. The zero-order valence-corrected chi connectivity index (χ0v) is 10.7. The van der Waals surface area contributed by atoms with E-state index in [4.69, 9.17) is 4.42 Å². The third-order valence-electron chi connectivity index (χ3n) is 2.94. The number of aliphatic hydroxyl groups is 1. The Labute approximate surface area is 101 Å². The van der Waals surface area contributed by atoms with Crippen LogP contribution in [0.25, 0.3) is 0 Å².